The number of amides is 1. The summed E-state index contributed by atoms with van der Waals surface area (Å²) in [4.78, 5) is 17.4. The van der Waals surface area contributed by atoms with Gasteiger partial charge in [-0.15, -0.1) is 0 Å². The molecule has 1 fully saturated rings. The van der Waals surface area contributed by atoms with Crippen LogP contribution in [0.2, 0.25) is 0 Å². The molecule has 0 N–H and O–H groups in total. The Bertz CT molecular complexity index is 964. The molecule has 1 saturated heterocycles. The molecule has 1 amide bonds. The third-order valence-corrected chi connectivity index (χ3v) is 6.19. The highest BCUT2D eigenvalue weighted by Crippen LogP contribution is 2.23. The number of likely N-dealkylation sites (tertiary alicyclic amines) is 1. The molecular formula is C27H30N2O. The summed E-state index contributed by atoms with van der Waals surface area (Å²) in [5.41, 5.74) is 5.76. The van der Waals surface area contributed by atoms with Crippen molar-refractivity contribution in [2.75, 3.05) is 20.1 Å². The Balaban J connectivity index is 1.37. The van der Waals surface area contributed by atoms with Gasteiger partial charge in [-0.1, -0.05) is 73.7 Å². The Labute approximate surface area is 180 Å². The Morgan fingerprint density at radius 3 is 2.17 bits per heavy atom. The van der Waals surface area contributed by atoms with Gasteiger partial charge < -0.3 is 4.90 Å². The van der Waals surface area contributed by atoms with E-state index in [2.05, 4.69) is 72.5 Å². The van der Waals surface area contributed by atoms with Gasteiger partial charge in [0.1, 0.15) is 0 Å². The molecule has 0 aromatic heterocycles. The second kappa shape index (κ2) is 9.27. The lowest BCUT2D eigenvalue weighted by Crippen LogP contribution is -2.38. The van der Waals surface area contributed by atoms with E-state index in [-0.39, 0.29) is 11.9 Å². The molecule has 1 aliphatic rings. The summed E-state index contributed by atoms with van der Waals surface area (Å²) >= 11 is 0. The zero-order valence-electron chi connectivity index (χ0n) is 17.9. The van der Waals surface area contributed by atoms with Crippen molar-refractivity contribution in [1.29, 1.82) is 0 Å². The number of nitrogens with zero attached hydrogens (tertiary/aromatic N) is 2. The molecule has 1 heterocycles. The van der Waals surface area contributed by atoms with Gasteiger partial charge in [-0.05, 0) is 47.2 Å². The SMILES string of the molecule is CCc1ccc(-c2ccc(C(=O)N(C)C3CCN(Cc4ccccc4)C3)cc2)cc1. The normalized spacial score (nSPS) is 16.5. The van der Waals surface area contributed by atoms with Crippen molar-refractivity contribution in [3.63, 3.8) is 0 Å². The van der Waals surface area contributed by atoms with E-state index in [1.165, 1.54) is 16.7 Å². The molecule has 1 unspecified atom stereocenters. The van der Waals surface area contributed by atoms with Crippen LogP contribution in [0.4, 0.5) is 0 Å². The van der Waals surface area contributed by atoms with Gasteiger partial charge >= 0.3 is 0 Å². The molecular weight excluding hydrogens is 368 g/mol. The van der Waals surface area contributed by atoms with E-state index in [0.717, 1.165) is 43.6 Å². The third kappa shape index (κ3) is 4.63. The number of hydrogen-bond donors (Lipinski definition) is 0. The van der Waals surface area contributed by atoms with E-state index in [4.69, 9.17) is 0 Å². The van der Waals surface area contributed by atoms with Crippen molar-refractivity contribution in [2.45, 2.75) is 32.4 Å². The molecule has 0 aliphatic carbocycles. The molecule has 0 spiro atoms. The first-order chi connectivity index (χ1) is 14.6. The van der Waals surface area contributed by atoms with E-state index in [1.807, 2.05) is 30.1 Å². The predicted octanol–water partition coefficient (Wildman–Crippen LogP) is 5.26. The molecule has 3 aromatic rings. The number of carbonyl (C=O) groups is 1. The number of aryl methyl sites for hydroxylation is 1. The summed E-state index contributed by atoms with van der Waals surface area (Å²) in [6.07, 6.45) is 2.07. The van der Waals surface area contributed by atoms with Crippen LogP contribution in [0.1, 0.15) is 34.8 Å². The predicted molar refractivity (Wildman–Crippen MR) is 123 cm³/mol. The van der Waals surface area contributed by atoms with Crippen molar-refractivity contribution >= 4 is 5.91 Å². The monoisotopic (exact) mass is 398 g/mol. The number of rotatable bonds is 6. The fourth-order valence-electron chi connectivity index (χ4n) is 4.22. The molecule has 3 nitrogen and oxygen atoms in total. The first-order valence-corrected chi connectivity index (χ1v) is 10.9. The molecule has 1 atom stereocenters. The van der Waals surface area contributed by atoms with Crippen LogP contribution in [-0.4, -0.2) is 41.9 Å². The minimum Gasteiger partial charge on any atom is -0.337 e. The zero-order chi connectivity index (χ0) is 20.9. The Hall–Kier alpha value is -2.91. The summed E-state index contributed by atoms with van der Waals surface area (Å²) in [5.74, 6) is 0.106. The van der Waals surface area contributed by atoms with Crippen LogP contribution in [0, 0.1) is 0 Å². The van der Waals surface area contributed by atoms with Crippen molar-refractivity contribution < 1.29 is 4.79 Å². The lowest BCUT2D eigenvalue weighted by Gasteiger charge is -2.25. The lowest BCUT2D eigenvalue weighted by atomic mass is 10.0. The molecule has 30 heavy (non-hydrogen) atoms. The largest absolute Gasteiger partial charge is 0.337 e. The maximum atomic E-state index is 13.0. The summed E-state index contributed by atoms with van der Waals surface area (Å²) in [5, 5.41) is 0. The molecule has 4 rings (SSSR count). The molecule has 0 saturated carbocycles. The Morgan fingerprint density at radius 2 is 1.53 bits per heavy atom. The summed E-state index contributed by atoms with van der Waals surface area (Å²) in [7, 11) is 1.94. The maximum absolute atomic E-state index is 13.0. The van der Waals surface area contributed by atoms with Gasteiger partial charge in [0.25, 0.3) is 5.91 Å². The highest BCUT2D eigenvalue weighted by molar-refractivity contribution is 5.94. The molecule has 154 valence electrons. The molecule has 0 bridgehead atoms. The number of hydrogen-bond acceptors (Lipinski definition) is 2. The van der Waals surface area contributed by atoms with Crippen LogP contribution in [0.25, 0.3) is 11.1 Å². The van der Waals surface area contributed by atoms with Crippen LogP contribution in [0.15, 0.2) is 78.9 Å². The Morgan fingerprint density at radius 1 is 0.900 bits per heavy atom. The van der Waals surface area contributed by atoms with Gasteiger partial charge in [0, 0.05) is 38.3 Å². The van der Waals surface area contributed by atoms with Crippen molar-refractivity contribution in [1.82, 2.24) is 9.80 Å². The van der Waals surface area contributed by atoms with Crippen LogP contribution in [0.3, 0.4) is 0 Å². The van der Waals surface area contributed by atoms with E-state index < -0.39 is 0 Å². The minimum atomic E-state index is 0.106. The number of carbonyl (C=O) groups excluding carboxylic acids is 1. The summed E-state index contributed by atoms with van der Waals surface area (Å²) in [6.45, 7) is 5.07. The summed E-state index contributed by atoms with van der Waals surface area (Å²) in [6, 6.07) is 27.5. The first kappa shape index (κ1) is 20.4. The Kier molecular flexibility index (Phi) is 6.29. The average Bonchev–Trinajstić information content (AvgIpc) is 3.27. The lowest BCUT2D eigenvalue weighted by molar-refractivity contribution is 0.0735. The molecule has 3 heteroatoms. The summed E-state index contributed by atoms with van der Waals surface area (Å²) < 4.78 is 0. The standard InChI is InChI=1S/C27H30N2O/c1-3-21-9-11-23(12-10-21)24-13-15-25(16-14-24)27(30)28(2)26-17-18-29(20-26)19-22-7-5-4-6-8-22/h4-16,26H,3,17-20H2,1-2H3. The highest BCUT2D eigenvalue weighted by Gasteiger charge is 2.28. The van der Waals surface area contributed by atoms with Gasteiger partial charge in [-0.3, -0.25) is 9.69 Å². The second-order valence-corrected chi connectivity index (χ2v) is 8.21. The van der Waals surface area contributed by atoms with Crippen molar-refractivity contribution in [3.8, 4) is 11.1 Å². The van der Waals surface area contributed by atoms with Crippen LogP contribution < -0.4 is 0 Å². The topological polar surface area (TPSA) is 23.6 Å². The van der Waals surface area contributed by atoms with Gasteiger partial charge in [0.15, 0.2) is 0 Å². The number of benzene rings is 3. The van der Waals surface area contributed by atoms with Gasteiger partial charge in [-0.2, -0.15) is 0 Å². The fourth-order valence-corrected chi connectivity index (χ4v) is 4.22. The molecule has 3 aromatic carbocycles. The molecule has 0 radical (unpaired) electrons. The van der Waals surface area contributed by atoms with E-state index in [0.29, 0.717) is 0 Å². The average molecular weight is 399 g/mol. The quantitative estimate of drug-likeness (QED) is 0.565. The first-order valence-electron chi connectivity index (χ1n) is 10.9. The van der Waals surface area contributed by atoms with E-state index >= 15 is 0 Å². The number of likely N-dealkylation sites (N-methyl/N-ethyl adjacent to an activating group) is 1. The van der Waals surface area contributed by atoms with Crippen molar-refractivity contribution in [2.24, 2.45) is 0 Å². The third-order valence-electron chi connectivity index (χ3n) is 6.19. The van der Waals surface area contributed by atoms with Gasteiger partial charge in [0.05, 0.1) is 0 Å². The minimum absolute atomic E-state index is 0.106. The van der Waals surface area contributed by atoms with E-state index in [9.17, 15) is 4.79 Å². The fraction of sp³-hybridized carbons (Fsp3) is 0.296. The van der Waals surface area contributed by atoms with Crippen LogP contribution in [-0.2, 0) is 13.0 Å². The van der Waals surface area contributed by atoms with E-state index in [1.54, 1.807) is 0 Å². The van der Waals surface area contributed by atoms with Gasteiger partial charge in [-0.25, -0.2) is 0 Å². The van der Waals surface area contributed by atoms with Gasteiger partial charge in [0.2, 0.25) is 0 Å². The van der Waals surface area contributed by atoms with Crippen LogP contribution in [0.5, 0.6) is 0 Å². The smallest absolute Gasteiger partial charge is 0.253 e. The zero-order valence-corrected chi connectivity index (χ0v) is 17.9. The highest BCUT2D eigenvalue weighted by atomic mass is 16.2. The second-order valence-electron chi connectivity index (χ2n) is 8.21. The molecule has 1 aliphatic heterocycles. The van der Waals surface area contributed by atoms with Crippen molar-refractivity contribution in [3.05, 3.63) is 95.6 Å². The van der Waals surface area contributed by atoms with Crippen LogP contribution >= 0.6 is 0 Å². The maximum Gasteiger partial charge on any atom is 0.253 e.